The van der Waals surface area contributed by atoms with E-state index in [-0.39, 0.29) is 18.4 Å². The Morgan fingerprint density at radius 3 is 2.32 bits per heavy atom. The summed E-state index contributed by atoms with van der Waals surface area (Å²) < 4.78 is 77.9. The third-order valence-corrected chi connectivity index (χ3v) is 4.41. The fourth-order valence-corrected chi connectivity index (χ4v) is 3.42. The molecule has 22 heavy (non-hydrogen) atoms. The molecular weight excluding hydrogens is 326 g/mol. The quantitative estimate of drug-likeness (QED) is 0.780. The molecule has 0 aromatic heterocycles. The van der Waals surface area contributed by atoms with E-state index in [2.05, 4.69) is 0 Å². The van der Waals surface area contributed by atoms with Crippen molar-refractivity contribution in [3.05, 3.63) is 29.6 Å². The first-order valence-electron chi connectivity index (χ1n) is 6.47. The Morgan fingerprint density at radius 1 is 1.27 bits per heavy atom. The summed E-state index contributed by atoms with van der Waals surface area (Å²) in [7, 11) is -4.54. The van der Waals surface area contributed by atoms with Crippen molar-refractivity contribution in [1.82, 2.24) is 4.72 Å². The molecule has 0 heterocycles. The van der Waals surface area contributed by atoms with Crippen molar-refractivity contribution in [2.24, 2.45) is 5.92 Å². The Morgan fingerprint density at radius 2 is 1.86 bits per heavy atom. The zero-order chi connectivity index (χ0) is 17.1. The molecule has 4 nitrogen and oxygen atoms in total. The van der Waals surface area contributed by atoms with Gasteiger partial charge in [0.25, 0.3) is 0 Å². The SMILES string of the molecule is CC(C)CC(CO)NS(=O)(=O)c1ccc(F)cc1C(F)(F)F. The number of halogens is 4. The first kappa shape index (κ1) is 18.9. The predicted octanol–water partition coefficient (Wildman–Crippen LogP) is 2.53. The van der Waals surface area contributed by atoms with Crippen LogP contribution >= 0.6 is 0 Å². The molecule has 1 aromatic carbocycles. The summed E-state index contributed by atoms with van der Waals surface area (Å²) in [6.07, 6.45) is -4.77. The van der Waals surface area contributed by atoms with Gasteiger partial charge in [0.15, 0.2) is 0 Å². The number of sulfonamides is 1. The van der Waals surface area contributed by atoms with E-state index in [4.69, 9.17) is 5.11 Å². The maximum absolute atomic E-state index is 13.0. The molecule has 0 aliphatic carbocycles. The Kier molecular flexibility index (Phi) is 5.94. The maximum atomic E-state index is 13.0. The highest BCUT2D eigenvalue weighted by molar-refractivity contribution is 7.89. The number of benzene rings is 1. The summed E-state index contributed by atoms with van der Waals surface area (Å²) in [5.74, 6) is -1.16. The molecule has 0 saturated heterocycles. The fourth-order valence-electron chi connectivity index (χ4n) is 1.97. The van der Waals surface area contributed by atoms with Gasteiger partial charge in [-0.15, -0.1) is 0 Å². The molecular formula is C13H17F4NO3S. The van der Waals surface area contributed by atoms with Crippen molar-refractivity contribution < 1.29 is 31.1 Å². The minimum Gasteiger partial charge on any atom is -0.395 e. The number of hydrogen-bond acceptors (Lipinski definition) is 3. The largest absolute Gasteiger partial charge is 0.417 e. The van der Waals surface area contributed by atoms with Crippen molar-refractivity contribution in [3.8, 4) is 0 Å². The summed E-state index contributed by atoms with van der Waals surface area (Å²) in [6.45, 7) is 2.99. The monoisotopic (exact) mass is 343 g/mol. The molecule has 0 bridgehead atoms. The number of hydrogen-bond donors (Lipinski definition) is 2. The standard InChI is InChI=1S/C13H17F4NO3S/c1-8(2)5-10(7-19)18-22(20,21)12-4-3-9(14)6-11(12)13(15,16)17/h3-4,6,8,10,18-19H,5,7H2,1-2H3. The Bertz CT molecular complexity index is 614. The van der Waals surface area contributed by atoms with Crippen LogP contribution in [0.2, 0.25) is 0 Å². The average molecular weight is 343 g/mol. The van der Waals surface area contributed by atoms with Gasteiger partial charge in [-0.3, -0.25) is 0 Å². The Hall–Kier alpha value is -1.19. The van der Waals surface area contributed by atoms with Crippen molar-refractivity contribution >= 4 is 10.0 Å². The summed E-state index contributed by atoms with van der Waals surface area (Å²) >= 11 is 0. The van der Waals surface area contributed by atoms with E-state index in [1.807, 2.05) is 4.72 Å². The first-order valence-corrected chi connectivity index (χ1v) is 7.95. The maximum Gasteiger partial charge on any atom is 0.417 e. The highest BCUT2D eigenvalue weighted by Crippen LogP contribution is 2.34. The van der Waals surface area contributed by atoms with Crippen molar-refractivity contribution in [1.29, 1.82) is 0 Å². The molecule has 0 aliphatic rings. The second kappa shape index (κ2) is 6.93. The molecule has 1 aromatic rings. The smallest absolute Gasteiger partial charge is 0.395 e. The van der Waals surface area contributed by atoms with Crippen molar-refractivity contribution in [2.75, 3.05) is 6.61 Å². The van der Waals surface area contributed by atoms with Gasteiger partial charge in [-0.1, -0.05) is 13.8 Å². The van der Waals surface area contributed by atoms with Gasteiger partial charge < -0.3 is 5.11 Å². The lowest BCUT2D eigenvalue weighted by Crippen LogP contribution is -2.39. The number of aliphatic hydroxyl groups excluding tert-OH is 1. The van der Waals surface area contributed by atoms with E-state index in [9.17, 15) is 26.0 Å². The normalized spacial score (nSPS) is 14.4. The van der Waals surface area contributed by atoms with Crippen molar-refractivity contribution in [3.63, 3.8) is 0 Å². The fraction of sp³-hybridized carbons (Fsp3) is 0.538. The van der Waals surface area contributed by atoms with Crippen LogP contribution in [0.15, 0.2) is 23.1 Å². The number of nitrogens with one attached hydrogen (secondary N) is 1. The Balaban J connectivity index is 3.23. The van der Waals surface area contributed by atoms with E-state index in [1.54, 1.807) is 13.8 Å². The molecule has 0 amide bonds. The average Bonchev–Trinajstić information content (AvgIpc) is 2.35. The zero-order valence-corrected chi connectivity index (χ0v) is 12.8. The van der Waals surface area contributed by atoms with Gasteiger partial charge in [-0.2, -0.15) is 13.2 Å². The number of aliphatic hydroxyl groups is 1. The van der Waals surface area contributed by atoms with E-state index in [0.29, 0.717) is 12.1 Å². The van der Waals surface area contributed by atoms with Crippen LogP contribution in [0, 0.1) is 11.7 Å². The summed E-state index contributed by atoms with van der Waals surface area (Å²) in [5.41, 5.74) is -1.58. The second-order valence-electron chi connectivity index (χ2n) is 5.27. The van der Waals surface area contributed by atoms with Gasteiger partial charge in [0.1, 0.15) is 5.82 Å². The molecule has 0 aliphatic heterocycles. The Labute approximate surface area is 126 Å². The lowest BCUT2D eigenvalue weighted by Gasteiger charge is -2.20. The summed E-state index contributed by atoms with van der Waals surface area (Å²) in [5, 5.41) is 9.15. The minimum absolute atomic E-state index is 0.0233. The molecule has 126 valence electrons. The van der Waals surface area contributed by atoms with Gasteiger partial charge in [0.2, 0.25) is 10.0 Å². The van der Waals surface area contributed by atoms with E-state index >= 15 is 0 Å². The summed E-state index contributed by atoms with van der Waals surface area (Å²) in [6, 6.07) is 0.409. The van der Waals surface area contributed by atoms with Crippen LogP contribution in [-0.2, 0) is 16.2 Å². The van der Waals surface area contributed by atoms with Crippen LogP contribution in [0.25, 0.3) is 0 Å². The van der Waals surface area contributed by atoms with Crippen LogP contribution < -0.4 is 4.72 Å². The highest BCUT2D eigenvalue weighted by atomic mass is 32.2. The second-order valence-corrected chi connectivity index (χ2v) is 6.95. The van der Waals surface area contributed by atoms with Gasteiger partial charge in [-0.25, -0.2) is 17.5 Å². The van der Waals surface area contributed by atoms with Gasteiger partial charge in [0, 0.05) is 6.04 Å². The molecule has 0 fully saturated rings. The van der Waals surface area contributed by atoms with Gasteiger partial charge in [0.05, 0.1) is 17.1 Å². The highest BCUT2D eigenvalue weighted by Gasteiger charge is 2.38. The molecule has 0 saturated carbocycles. The third-order valence-electron chi connectivity index (χ3n) is 2.83. The van der Waals surface area contributed by atoms with Crippen LogP contribution in [0.3, 0.4) is 0 Å². The van der Waals surface area contributed by atoms with Crippen LogP contribution in [0.4, 0.5) is 17.6 Å². The molecule has 1 rings (SSSR count). The van der Waals surface area contributed by atoms with E-state index in [0.717, 1.165) is 0 Å². The van der Waals surface area contributed by atoms with Crippen LogP contribution in [0.5, 0.6) is 0 Å². The topological polar surface area (TPSA) is 66.4 Å². The third kappa shape index (κ3) is 4.92. The number of rotatable bonds is 6. The molecule has 0 radical (unpaired) electrons. The molecule has 1 unspecified atom stereocenters. The van der Waals surface area contributed by atoms with Crippen LogP contribution in [-0.4, -0.2) is 26.2 Å². The van der Waals surface area contributed by atoms with Crippen molar-refractivity contribution in [2.45, 2.75) is 37.4 Å². The molecule has 0 spiro atoms. The van der Waals surface area contributed by atoms with Gasteiger partial charge in [-0.05, 0) is 30.5 Å². The van der Waals surface area contributed by atoms with Gasteiger partial charge >= 0.3 is 6.18 Å². The van der Waals surface area contributed by atoms with E-state index < -0.39 is 45.1 Å². The molecule has 1 atom stereocenters. The molecule has 2 N–H and O–H groups in total. The first-order chi connectivity index (χ1) is 9.97. The predicted molar refractivity (Wildman–Crippen MR) is 72.1 cm³/mol. The number of alkyl halides is 3. The molecule has 9 heteroatoms. The lowest BCUT2D eigenvalue weighted by molar-refractivity contribution is -0.140. The van der Waals surface area contributed by atoms with Crippen LogP contribution in [0.1, 0.15) is 25.8 Å². The van der Waals surface area contributed by atoms with E-state index in [1.165, 1.54) is 0 Å². The zero-order valence-electron chi connectivity index (χ0n) is 12.0. The lowest BCUT2D eigenvalue weighted by atomic mass is 10.1. The summed E-state index contributed by atoms with van der Waals surface area (Å²) in [4.78, 5) is -1.07. The minimum atomic E-state index is -5.01.